The van der Waals surface area contributed by atoms with Gasteiger partial charge in [0.15, 0.2) is 0 Å². The Bertz CT molecular complexity index is 881. The van der Waals surface area contributed by atoms with Gasteiger partial charge in [-0.3, -0.25) is 14.4 Å². The normalized spacial score (nSPS) is 13.1. The maximum atomic E-state index is 12.2. The van der Waals surface area contributed by atoms with Crippen LogP contribution in [-0.4, -0.2) is 51.1 Å². The quantitative estimate of drug-likeness (QED) is 0.613. The van der Waals surface area contributed by atoms with Gasteiger partial charge in [0.2, 0.25) is 11.8 Å². The summed E-state index contributed by atoms with van der Waals surface area (Å²) in [6.07, 6.45) is 1.41. The van der Waals surface area contributed by atoms with Crippen LogP contribution in [0.25, 0.3) is 0 Å². The molecular formula is C22H25N3O5. The van der Waals surface area contributed by atoms with Crippen LogP contribution in [0.4, 0.5) is 5.69 Å². The average molecular weight is 411 g/mol. The van der Waals surface area contributed by atoms with Crippen molar-refractivity contribution in [3.63, 3.8) is 0 Å². The van der Waals surface area contributed by atoms with E-state index in [-0.39, 0.29) is 24.3 Å². The van der Waals surface area contributed by atoms with E-state index in [1.807, 2.05) is 0 Å². The van der Waals surface area contributed by atoms with Crippen molar-refractivity contribution in [2.75, 3.05) is 38.3 Å². The van der Waals surface area contributed by atoms with Gasteiger partial charge in [-0.15, -0.1) is 0 Å². The van der Waals surface area contributed by atoms with Gasteiger partial charge in [0, 0.05) is 24.2 Å². The molecule has 8 nitrogen and oxygen atoms in total. The third-order valence-electron chi connectivity index (χ3n) is 4.68. The van der Waals surface area contributed by atoms with Crippen LogP contribution in [0.2, 0.25) is 0 Å². The van der Waals surface area contributed by atoms with E-state index >= 15 is 0 Å². The van der Waals surface area contributed by atoms with Crippen molar-refractivity contribution in [2.24, 2.45) is 0 Å². The summed E-state index contributed by atoms with van der Waals surface area (Å²) in [5.41, 5.74) is 1.21. The number of nitrogens with one attached hydrogen (secondary N) is 2. The first kappa shape index (κ1) is 21.2. The fraction of sp³-hybridized carbons (Fsp3) is 0.318. The Morgan fingerprint density at radius 2 is 1.70 bits per heavy atom. The highest BCUT2D eigenvalue weighted by atomic mass is 16.5. The van der Waals surface area contributed by atoms with Crippen molar-refractivity contribution >= 4 is 23.4 Å². The zero-order valence-electron chi connectivity index (χ0n) is 16.8. The first-order chi connectivity index (χ1) is 14.6. The van der Waals surface area contributed by atoms with Crippen LogP contribution in [0.5, 0.6) is 11.5 Å². The highest BCUT2D eigenvalue weighted by molar-refractivity contribution is 5.98. The van der Waals surface area contributed by atoms with Crippen molar-refractivity contribution in [1.29, 1.82) is 0 Å². The molecule has 0 aromatic heterocycles. The molecule has 0 bridgehead atoms. The van der Waals surface area contributed by atoms with Crippen LogP contribution in [0, 0.1) is 0 Å². The number of carbonyl (C=O) groups excluding carboxylic acids is 3. The van der Waals surface area contributed by atoms with Gasteiger partial charge in [-0.05, 0) is 55.0 Å². The number of amides is 3. The van der Waals surface area contributed by atoms with Gasteiger partial charge in [-0.2, -0.15) is 0 Å². The number of hydrogen-bond donors (Lipinski definition) is 2. The molecule has 0 aliphatic carbocycles. The van der Waals surface area contributed by atoms with Crippen LogP contribution < -0.4 is 25.0 Å². The molecule has 2 aromatic carbocycles. The van der Waals surface area contributed by atoms with Crippen molar-refractivity contribution in [2.45, 2.75) is 12.8 Å². The highest BCUT2D eigenvalue weighted by Crippen LogP contribution is 2.21. The van der Waals surface area contributed by atoms with E-state index < -0.39 is 0 Å². The van der Waals surface area contributed by atoms with E-state index in [4.69, 9.17) is 9.47 Å². The molecule has 2 aromatic rings. The number of ether oxygens (including phenoxy) is 2. The minimum atomic E-state index is -0.348. The summed E-state index contributed by atoms with van der Waals surface area (Å²) in [6, 6.07) is 13.9. The predicted octanol–water partition coefficient (Wildman–Crippen LogP) is 1.75. The SMILES string of the molecule is COc1ccc(OCCNC(=O)CNC(=O)c2ccc(N3CCCC3=O)cc2)cc1. The Labute approximate surface area is 175 Å². The molecule has 1 aliphatic heterocycles. The lowest BCUT2D eigenvalue weighted by molar-refractivity contribution is -0.120. The number of hydrogen-bond acceptors (Lipinski definition) is 5. The molecule has 8 heteroatoms. The zero-order valence-corrected chi connectivity index (χ0v) is 16.8. The van der Waals surface area contributed by atoms with Crippen LogP contribution >= 0.6 is 0 Å². The average Bonchev–Trinajstić information content (AvgIpc) is 3.21. The second-order valence-electron chi connectivity index (χ2n) is 6.75. The summed E-state index contributed by atoms with van der Waals surface area (Å²) in [4.78, 5) is 37.6. The smallest absolute Gasteiger partial charge is 0.251 e. The Morgan fingerprint density at radius 3 is 2.33 bits per heavy atom. The first-order valence-corrected chi connectivity index (χ1v) is 9.79. The van der Waals surface area contributed by atoms with Gasteiger partial charge in [0.05, 0.1) is 20.2 Å². The molecule has 30 heavy (non-hydrogen) atoms. The summed E-state index contributed by atoms with van der Waals surface area (Å²) >= 11 is 0. The van der Waals surface area contributed by atoms with E-state index in [2.05, 4.69) is 10.6 Å². The number of benzene rings is 2. The standard InChI is InChI=1S/C22H25N3O5/c1-29-18-8-10-19(11-9-18)30-14-12-23-20(26)15-24-22(28)16-4-6-17(7-5-16)25-13-2-3-21(25)27/h4-11H,2-3,12-15H2,1H3,(H,23,26)(H,24,28). The largest absolute Gasteiger partial charge is 0.497 e. The van der Waals surface area contributed by atoms with Gasteiger partial charge in [-0.1, -0.05) is 0 Å². The van der Waals surface area contributed by atoms with Gasteiger partial charge in [0.25, 0.3) is 5.91 Å². The minimum absolute atomic E-state index is 0.0971. The lowest BCUT2D eigenvalue weighted by Gasteiger charge is -2.15. The summed E-state index contributed by atoms with van der Waals surface area (Å²) in [5, 5.41) is 5.27. The molecule has 1 aliphatic rings. The van der Waals surface area contributed by atoms with Crippen LogP contribution in [0.1, 0.15) is 23.2 Å². The van der Waals surface area contributed by atoms with Crippen LogP contribution in [-0.2, 0) is 9.59 Å². The monoisotopic (exact) mass is 411 g/mol. The third kappa shape index (κ3) is 5.73. The van der Waals surface area contributed by atoms with E-state index in [0.29, 0.717) is 37.4 Å². The summed E-state index contributed by atoms with van der Waals surface area (Å²) in [6.45, 7) is 1.20. The number of anilines is 1. The molecular weight excluding hydrogens is 386 g/mol. The molecule has 2 N–H and O–H groups in total. The topological polar surface area (TPSA) is 97.0 Å². The summed E-state index contributed by atoms with van der Waals surface area (Å²) in [5.74, 6) is 0.864. The fourth-order valence-electron chi connectivity index (χ4n) is 3.07. The van der Waals surface area contributed by atoms with E-state index in [1.165, 1.54) is 0 Å². The fourth-order valence-corrected chi connectivity index (χ4v) is 3.07. The minimum Gasteiger partial charge on any atom is -0.497 e. The number of methoxy groups -OCH3 is 1. The molecule has 0 radical (unpaired) electrons. The lowest BCUT2D eigenvalue weighted by Crippen LogP contribution is -2.38. The maximum Gasteiger partial charge on any atom is 0.251 e. The Morgan fingerprint density at radius 1 is 1.00 bits per heavy atom. The third-order valence-corrected chi connectivity index (χ3v) is 4.68. The Balaban J connectivity index is 1.35. The van der Waals surface area contributed by atoms with Gasteiger partial charge in [0.1, 0.15) is 18.1 Å². The number of nitrogens with zero attached hydrogens (tertiary/aromatic N) is 1. The van der Waals surface area contributed by atoms with Crippen LogP contribution in [0.15, 0.2) is 48.5 Å². The molecule has 1 saturated heterocycles. The molecule has 3 rings (SSSR count). The van der Waals surface area contributed by atoms with Crippen LogP contribution in [0.3, 0.4) is 0 Å². The molecule has 1 heterocycles. The molecule has 0 unspecified atom stereocenters. The van der Waals surface area contributed by atoms with E-state index in [0.717, 1.165) is 17.9 Å². The number of carbonyl (C=O) groups is 3. The molecule has 0 spiro atoms. The zero-order chi connectivity index (χ0) is 21.3. The summed E-state index contributed by atoms with van der Waals surface area (Å²) in [7, 11) is 1.59. The Hall–Kier alpha value is -3.55. The first-order valence-electron chi connectivity index (χ1n) is 9.79. The Kier molecular flexibility index (Phi) is 7.26. The molecule has 0 saturated carbocycles. The van der Waals surface area contributed by atoms with Crippen molar-refractivity contribution in [3.8, 4) is 11.5 Å². The van der Waals surface area contributed by atoms with Crippen molar-refractivity contribution in [1.82, 2.24) is 10.6 Å². The van der Waals surface area contributed by atoms with Gasteiger partial charge >= 0.3 is 0 Å². The van der Waals surface area contributed by atoms with Gasteiger partial charge < -0.3 is 25.0 Å². The van der Waals surface area contributed by atoms with E-state index in [1.54, 1.807) is 60.5 Å². The van der Waals surface area contributed by atoms with Crippen molar-refractivity contribution in [3.05, 3.63) is 54.1 Å². The van der Waals surface area contributed by atoms with E-state index in [9.17, 15) is 14.4 Å². The molecule has 3 amide bonds. The number of rotatable bonds is 9. The summed E-state index contributed by atoms with van der Waals surface area (Å²) < 4.78 is 10.6. The van der Waals surface area contributed by atoms with Crippen molar-refractivity contribution < 1.29 is 23.9 Å². The highest BCUT2D eigenvalue weighted by Gasteiger charge is 2.21. The molecule has 158 valence electrons. The van der Waals surface area contributed by atoms with Gasteiger partial charge in [-0.25, -0.2) is 0 Å². The predicted molar refractivity (Wildman–Crippen MR) is 112 cm³/mol. The second-order valence-corrected chi connectivity index (χ2v) is 6.75. The lowest BCUT2D eigenvalue weighted by atomic mass is 10.2. The second kappa shape index (κ2) is 10.3. The molecule has 1 fully saturated rings. The maximum absolute atomic E-state index is 12.2. The molecule has 0 atom stereocenters.